The Morgan fingerprint density at radius 3 is 1.33 bits per heavy atom. The van der Waals surface area contributed by atoms with Crippen molar-refractivity contribution in [1.29, 1.82) is 0 Å². The number of hydrogen-bond donors (Lipinski definition) is 1. The molecule has 0 spiro atoms. The molecule has 0 aliphatic carbocycles. The van der Waals surface area contributed by atoms with Crippen molar-refractivity contribution in [2.75, 3.05) is 28.4 Å². The van der Waals surface area contributed by atoms with Gasteiger partial charge in [0.2, 0.25) is 0 Å². The van der Waals surface area contributed by atoms with E-state index in [9.17, 15) is 0 Å². The van der Waals surface area contributed by atoms with Crippen LogP contribution in [0, 0.1) is 0 Å². The van der Waals surface area contributed by atoms with Crippen LogP contribution in [-0.4, -0.2) is 64.3 Å². The van der Waals surface area contributed by atoms with Crippen LogP contribution in [0.2, 0.25) is 12.1 Å². The highest BCUT2D eigenvalue weighted by atomic mass is 28.2. The molecule has 0 aromatic carbocycles. The molecule has 0 fully saturated rings. The summed E-state index contributed by atoms with van der Waals surface area (Å²) in [5, 5.41) is 0. The molecule has 24 heavy (non-hydrogen) atoms. The van der Waals surface area contributed by atoms with Crippen molar-refractivity contribution in [3.8, 4) is 0 Å². The first kappa shape index (κ1) is 24.2. The molecule has 0 radical (unpaired) electrons. The monoisotopic (exact) mass is 379 g/mol. The van der Waals surface area contributed by atoms with Crippen molar-refractivity contribution < 1.29 is 18.9 Å². The quantitative estimate of drug-likeness (QED) is 0.251. The summed E-state index contributed by atoms with van der Waals surface area (Å²) in [5.74, 6) is 0. The number of ether oxygens (including phenoxy) is 4. The Balaban J connectivity index is 3.59. The normalized spacial score (nSPS) is 15.1. The summed E-state index contributed by atoms with van der Waals surface area (Å²) in [7, 11) is 6.21. The number of methoxy groups -OCH3 is 4. The predicted octanol–water partition coefficient (Wildman–Crippen LogP) is 1.76. The van der Waals surface area contributed by atoms with Crippen LogP contribution in [0.25, 0.3) is 0 Å². The van der Waals surface area contributed by atoms with Crippen molar-refractivity contribution in [3.05, 3.63) is 0 Å². The minimum atomic E-state index is -0.362. The summed E-state index contributed by atoms with van der Waals surface area (Å²) >= 11 is 0. The van der Waals surface area contributed by atoms with E-state index in [0.29, 0.717) is 6.04 Å². The standard InChI is InChI=1S/C17H41NO4Si2/c1-16(19-3,20-4)23-13-9-7-11-15(18)12-8-10-14-24-17(2,21-5)22-6/h15H,7-14,18,23-24H2,1-6H3. The van der Waals surface area contributed by atoms with Gasteiger partial charge in [0.25, 0.3) is 0 Å². The highest BCUT2D eigenvalue weighted by molar-refractivity contribution is 6.39. The molecule has 0 aromatic rings. The zero-order valence-electron chi connectivity index (χ0n) is 16.9. The van der Waals surface area contributed by atoms with Gasteiger partial charge in [-0.05, 0) is 26.7 Å². The Morgan fingerprint density at radius 1 is 0.708 bits per heavy atom. The Hall–Kier alpha value is 0.234. The van der Waals surface area contributed by atoms with Gasteiger partial charge in [0, 0.05) is 34.5 Å². The maximum Gasteiger partial charge on any atom is 0.141 e. The van der Waals surface area contributed by atoms with E-state index in [-0.39, 0.29) is 29.9 Å². The van der Waals surface area contributed by atoms with Crippen LogP contribution < -0.4 is 5.73 Å². The second kappa shape index (κ2) is 13.4. The summed E-state index contributed by atoms with van der Waals surface area (Å²) in [6.07, 6.45) is 7.20. The Morgan fingerprint density at radius 2 is 1.04 bits per heavy atom. The SMILES string of the molecule is COC(C)(OC)[SiH2]CCCCC(N)CCCC[SiH2]C(C)(OC)OC. The topological polar surface area (TPSA) is 62.9 Å². The minimum absolute atomic E-state index is 0.301. The smallest absolute Gasteiger partial charge is 0.141 e. The minimum Gasteiger partial charge on any atom is -0.358 e. The van der Waals surface area contributed by atoms with E-state index in [0.717, 1.165) is 12.8 Å². The zero-order chi connectivity index (χ0) is 18.5. The van der Waals surface area contributed by atoms with Crippen LogP contribution in [0.15, 0.2) is 0 Å². The van der Waals surface area contributed by atoms with Gasteiger partial charge in [-0.15, -0.1) is 0 Å². The largest absolute Gasteiger partial charge is 0.358 e. The third-order valence-corrected chi connectivity index (χ3v) is 9.82. The second-order valence-electron chi connectivity index (χ2n) is 7.04. The molecule has 146 valence electrons. The third-order valence-electron chi connectivity index (χ3n) is 5.14. The second-order valence-corrected chi connectivity index (χ2v) is 12.0. The highest BCUT2D eigenvalue weighted by Gasteiger charge is 2.22. The first-order valence-corrected chi connectivity index (χ1v) is 12.7. The summed E-state index contributed by atoms with van der Waals surface area (Å²) in [6, 6.07) is 2.85. The molecule has 5 nitrogen and oxygen atoms in total. The van der Waals surface area contributed by atoms with E-state index in [4.69, 9.17) is 24.7 Å². The lowest BCUT2D eigenvalue weighted by Crippen LogP contribution is -2.36. The van der Waals surface area contributed by atoms with Crippen molar-refractivity contribution in [2.24, 2.45) is 5.73 Å². The fourth-order valence-electron chi connectivity index (χ4n) is 2.78. The third kappa shape index (κ3) is 11.0. The molecule has 2 N–H and O–H groups in total. The van der Waals surface area contributed by atoms with Gasteiger partial charge < -0.3 is 24.7 Å². The van der Waals surface area contributed by atoms with Gasteiger partial charge in [0.1, 0.15) is 10.8 Å². The lowest BCUT2D eigenvalue weighted by molar-refractivity contribution is -0.131. The van der Waals surface area contributed by atoms with Gasteiger partial charge >= 0.3 is 0 Å². The van der Waals surface area contributed by atoms with E-state index < -0.39 is 0 Å². The van der Waals surface area contributed by atoms with Crippen LogP contribution in [0.5, 0.6) is 0 Å². The Bertz CT molecular complexity index is 272. The van der Waals surface area contributed by atoms with Gasteiger partial charge in [-0.2, -0.15) is 0 Å². The van der Waals surface area contributed by atoms with Crippen molar-refractivity contribution in [3.63, 3.8) is 0 Å². The molecule has 0 saturated heterocycles. The van der Waals surface area contributed by atoms with Crippen LogP contribution in [0.1, 0.15) is 52.4 Å². The van der Waals surface area contributed by atoms with E-state index >= 15 is 0 Å². The number of rotatable bonds is 16. The molecule has 0 heterocycles. The van der Waals surface area contributed by atoms with Gasteiger partial charge in [-0.3, -0.25) is 0 Å². The summed E-state index contributed by atoms with van der Waals surface area (Å²) < 4.78 is 21.7. The lowest BCUT2D eigenvalue weighted by Gasteiger charge is -2.26. The van der Waals surface area contributed by atoms with Crippen LogP contribution in [-0.2, 0) is 18.9 Å². The molecule has 0 aromatic heterocycles. The first-order chi connectivity index (χ1) is 11.3. The fourth-order valence-corrected chi connectivity index (χ4v) is 6.09. The lowest BCUT2D eigenvalue weighted by atomic mass is 10.1. The zero-order valence-corrected chi connectivity index (χ0v) is 19.7. The predicted molar refractivity (Wildman–Crippen MR) is 107 cm³/mol. The number of hydrogen-bond acceptors (Lipinski definition) is 5. The van der Waals surface area contributed by atoms with Gasteiger partial charge in [-0.1, -0.05) is 37.8 Å². The molecule has 0 aliphatic heterocycles. The Labute approximate surface area is 154 Å². The van der Waals surface area contributed by atoms with Crippen LogP contribution in [0.4, 0.5) is 0 Å². The van der Waals surface area contributed by atoms with E-state index in [1.54, 1.807) is 28.4 Å². The fraction of sp³-hybridized carbons (Fsp3) is 1.00. The molecule has 0 unspecified atom stereocenters. The van der Waals surface area contributed by atoms with Crippen LogP contribution >= 0.6 is 0 Å². The molecule has 0 atom stereocenters. The van der Waals surface area contributed by atoms with Crippen LogP contribution in [0.3, 0.4) is 0 Å². The van der Waals surface area contributed by atoms with E-state index in [1.807, 2.05) is 13.8 Å². The molecule has 7 heteroatoms. The first-order valence-electron chi connectivity index (χ1n) is 9.31. The maximum absolute atomic E-state index is 6.24. The van der Waals surface area contributed by atoms with Crippen molar-refractivity contribution in [1.82, 2.24) is 0 Å². The van der Waals surface area contributed by atoms with Crippen molar-refractivity contribution in [2.45, 2.75) is 81.3 Å². The van der Waals surface area contributed by atoms with Crippen molar-refractivity contribution >= 4 is 19.0 Å². The molecule has 0 bridgehead atoms. The molecule has 0 saturated carbocycles. The summed E-state index contributed by atoms with van der Waals surface area (Å²) in [4.78, 5) is 0. The summed E-state index contributed by atoms with van der Waals surface area (Å²) in [6.45, 7) is 4.10. The highest BCUT2D eigenvalue weighted by Crippen LogP contribution is 2.15. The number of nitrogens with two attached hydrogens (primary N) is 1. The summed E-state index contributed by atoms with van der Waals surface area (Å²) in [5.41, 5.74) is 5.64. The molecule has 0 rings (SSSR count). The molecule has 0 aliphatic rings. The van der Waals surface area contributed by atoms with Gasteiger partial charge in [-0.25, -0.2) is 0 Å². The number of unbranched alkanes of at least 4 members (excludes halogenated alkanes) is 2. The average Bonchev–Trinajstić information content (AvgIpc) is 2.60. The Kier molecular flexibility index (Phi) is 13.6. The van der Waals surface area contributed by atoms with Gasteiger partial charge in [0.05, 0.1) is 19.0 Å². The van der Waals surface area contributed by atoms with Gasteiger partial charge in [0.15, 0.2) is 0 Å². The molecular weight excluding hydrogens is 338 g/mol. The average molecular weight is 380 g/mol. The maximum atomic E-state index is 6.24. The molecule has 0 amide bonds. The van der Waals surface area contributed by atoms with E-state index in [1.165, 1.54) is 37.8 Å². The van der Waals surface area contributed by atoms with E-state index in [2.05, 4.69) is 0 Å². The molecular formula is C17H41NO4Si2.